The van der Waals surface area contributed by atoms with Crippen LogP contribution in [0.4, 0.5) is 4.39 Å². The third-order valence-electron chi connectivity index (χ3n) is 7.02. The molecule has 2 aliphatic rings. The third kappa shape index (κ3) is 4.75. The van der Waals surface area contributed by atoms with Gasteiger partial charge >= 0.3 is 0 Å². The highest BCUT2D eigenvalue weighted by molar-refractivity contribution is 5.94. The Hall–Kier alpha value is -2.20. The number of carbonyl (C=O) groups excluding carboxylic acids is 1. The summed E-state index contributed by atoms with van der Waals surface area (Å²) in [6.45, 7) is 4.36. The summed E-state index contributed by atoms with van der Waals surface area (Å²) < 4.78 is 14.0. The minimum Gasteiger partial charge on any atom is -0.338 e. The third-order valence-corrected chi connectivity index (χ3v) is 7.02. The minimum atomic E-state index is -0.199. The summed E-state index contributed by atoms with van der Waals surface area (Å²) in [6.07, 6.45) is 6.49. The smallest absolute Gasteiger partial charge is 0.253 e. The quantitative estimate of drug-likeness (QED) is 0.674. The van der Waals surface area contributed by atoms with Gasteiger partial charge < -0.3 is 9.80 Å². The molecule has 1 saturated heterocycles. The van der Waals surface area contributed by atoms with Crippen LogP contribution in [0.5, 0.6) is 0 Å². The van der Waals surface area contributed by atoms with E-state index < -0.39 is 0 Å². The highest BCUT2D eigenvalue weighted by Gasteiger charge is 2.38. The van der Waals surface area contributed by atoms with Gasteiger partial charge in [0.05, 0.1) is 0 Å². The molecule has 3 nitrogen and oxygen atoms in total. The molecule has 0 aromatic heterocycles. The molecule has 0 spiro atoms. The molecule has 4 rings (SSSR count). The molecule has 0 N–H and O–H groups in total. The molecule has 0 bridgehead atoms. The van der Waals surface area contributed by atoms with Crippen LogP contribution < -0.4 is 0 Å². The van der Waals surface area contributed by atoms with Crippen molar-refractivity contribution in [1.29, 1.82) is 0 Å². The lowest BCUT2D eigenvalue weighted by atomic mass is 9.87. The van der Waals surface area contributed by atoms with E-state index >= 15 is 0 Å². The molecule has 1 heterocycles. The topological polar surface area (TPSA) is 23.6 Å². The van der Waals surface area contributed by atoms with Crippen LogP contribution in [-0.4, -0.2) is 48.4 Å². The number of amides is 1. The molecule has 2 unspecified atom stereocenters. The number of likely N-dealkylation sites (tertiary alicyclic amines) is 1. The maximum Gasteiger partial charge on any atom is 0.253 e. The molecule has 1 aliphatic heterocycles. The first kappa shape index (κ1) is 21.0. The van der Waals surface area contributed by atoms with Crippen LogP contribution >= 0.6 is 0 Å². The van der Waals surface area contributed by atoms with Gasteiger partial charge in [-0.25, -0.2) is 4.39 Å². The highest BCUT2D eigenvalue weighted by atomic mass is 19.1. The average molecular weight is 409 g/mol. The predicted octanol–water partition coefficient (Wildman–Crippen LogP) is 5.25. The summed E-state index contributed by atoms with van der Waals surface area (Å²) in [5, 5.41) is 0. The van der Waals surface area contributed by atoms with Gasteiger partial charge in [-0.3, -0.25) is 4.79 Å². The van der Waals surface area contributed by atoms with Gasteiger partial charge in [-0.05, 0) is 62.6 Å². The standard InChI is InChI=1S/C26H33FN2O/c1-19-11-13-20(14-12-19)26(30)29-17-22(16-28(2)24-9-4-3-5-10-24)25(18-29)21-7-6-8-23(27)15-21/h6-8,11-15,22,24-25H,3-5,9-10,16-18H2,1-2H3. The van der Waals surface area contributed by atoms with Crippen LogP contribution in [0.3, 0.4) is 0 Å². The number of aryl methyl sites for hydroxylation is 1. The zero-order valence-electron chi connectivity index (χ0n) is 18.2. The number of rotatable bonds is 5. The summed E-state index contributed by atoms with van der Waals surface area (Å²) in [7, 11) is 2.23. The van der Waals surface area contributed by atoms with Gasteiger partial charge in [0, 0.05) is 37.2 Å². The Bertz CT molecular complexity index is 860. The molecule has 160 valence electrons. The van der Waals surface area contributed by atoms with Gasteiger partial charge in [0.15, 0.2) is 0 Å². The number of benzene rings is 2. The van der Waals surface area contributed by atoms with E-state index in [1.807, 2.05) is 42.2 Å². The van der Waals surface area contributed by atoms with Gasteiger partial charge in [0.2, 0.25) is 0 Å². The van der Waals surface area contributed by atoms with Crippen LogP contribution in [0.25, 0.3) is 0 Å². The van der Waals surface area contributed by atoms with E-state index in [9.17, 15) is 9.18 Å². The number of hydrogen-bond acceptors (Lipinski definition) is 2. The van der Waals surface area contributed by atoms with Crippen molar-refractivity contribution in [2.24, 2.45) is 5.92 Å². The second-order valence-corrected chi connectivity index (χ2v) is 9.23. The van der Waals surface area contributed by atoms with E-state index in [-0.39, 0.29) is 17.6 Å². The number of carbonyl (C=O) groups is 1. The number of nitrogens with zero attached hydrogens (tertiary/aromatic N) is 2. The van der Waals surface area contributed by atoms with Gasteiger partial charge in [-0.2, -0.15) is 0 Å². The molecule has 2 fully saturated rings. The van der Waals surface area contributed by atoms with Gasteiger partial charge in [-0.1, -0.05) is 49.1 Å². The molecule has 2 aromatic rings. The van der Waals surface area contributed by atoms with Crippen LogP contribution in [0.15, 0.2) is 48.5 Å². The Morgan fingerprint density at radius 2 is 1.80 bits per heavy atom. The van der Waals surface area contributed by atoms with E-state index in [1.165, 1.54) is 38.2 Å². The molecule has 2 aromatic carbocycles. The van der Waals surface area contributed by atoms with E-state index in [1.54, 1.807) is 12.1 Å². The van der Waals surface area contributed by atoms with E-state index in [2.05, 4.69) is 11.9 Å². The SMILES string of the molecule is Cc1ccc(C(=O)N2CC(CN(C)C3CCCCC3)C(c3cccc(F)c3)C2)cc1. The van der Waals surface area contributed by atoms with Crippen LogP contribution in [0, 0.1) is 18.7 Å². The van der Waals surface area contributed by atoms with Crippen molar-refractivity contribution < 1.29 is 9.18 Å². The molecule has 2 atom stereocenters. The summed E-state index contributed by atoms with van der Waals surface area (Å²) in [5.41, 5.74) is 2.90. The zero-order chi connectivity index (χ0) is 21.1. The largest absolute Gasteiger partial charge is 0.338 e. The number of halogens is 1. The lowest BCUT2D eigenvalue weighted by molar-refractivity contribution is 0.0780. The van der Waals surface area contributed by atoms with E-state index in [4.69, 9.17) is 0 Å². The normalized spacial score (nSPS) is 22.6. The maximum atomic E-state index is 14.0. The summed E-state index contributed by atoms with van der Waals surface area (Å²) >= 11 is 0. The Kier molecular flexibility index (Phi) is 6.52. The van der Waals surface area contributed by atoms with Crippen LogP contribution in [0.1, 0.15) is 59.5 Å². The summed E-state index contributed by atoms with van der Waals surface area (Å²) in [6, 6.07) is 15.4. The first-order valence-electron chi connectivity index (χ1n) is 11.3. The molecule has 0 radical (unpaired) electrons. The maximum absolute atomic E-state index is 14.0. The van der Waals surface area contributed by atoms with Gasteiger partial charge in [-0.15, -0.1) is 0 Å². The van der Waals surface area contributed by atoms with Crippen molar-refractivity contribution in [3.05, 3.63) is 71.0 Å². The lowest BCUT2D eigenvalue weighted by Gasteiger charge is -2.34. The van der Waals surface area contributed by atoms with Gasteiger partial charge in [0.1, 0.15) is 5.82 Å². The first-order valence-corrected chi connectivity index (χ1v) is 11.3. The Morgan fingerprint density at radius 3 is 2.50 bits per heavy atom. The molecule has 30 heavy (non-hydrogen) atoms. The predicted molar refractivity (Wildman–Crippen MR) is 119 cm³/mol. The highest BCUT2D eigenvalue weighted by Crippen LogP contribution is 2.35. The molecule has 1 amide bonds. The molecule has 4 heteroatoms. The first-order chi connectivity index (χ1) is 14.5. The van der Waals surface area contributed by atoms with Crippen molar-refractivity contribution >= 4 is 5.91 Å². The van der Waals surface area contributed by atoms with E-state index in [0.29, 0.717) is 18.5 Å². The second kappa shape index (κ2) is 9.30. The molecule has 1 aliphatic carbocycles. The van der Waals surface area contributed by atoms with Crippen molar-refractivity contribution in [2.45, 2.75) is 51.0 Å². The number of hydrogen-bond donors (Lipinski definition) is 0. The van der Waals surface area contributed by atoms with Crippen molar-refractivity contribution in [1.82, 2.24) is 9.80 Å². The Balaban J connectivity index is 1.53. The Labute approximate surface area is 179 Å². The minimum absolute atomic E-state index is 0.0826. The van der Waals surface area contributed by atoms with Crippen molar-refractivity contribution in [3.63, 3.8) is 0 Å². The molecular formula is C26H33FN2O. The summed E-state index contributed by atoms with van der Waals surface area (Å²) in [5.74, 6) is 0.365. The van der Waals surface area contributed by atoms with Gasteiger partial charge in [0.25, 0.3) is 5.91 Å². The van der Waals surface area contributed by atoms with E-state index in [0.717, 1.165) is 29.8 Å². The van der Waals surface area contributed by atoms with Crippen LogP contribution in [0.2, 0.25) is 0 Å². The summed E-state index contributed by atoms with van der Waals surface area (Å²) in [4.78, 5) is 17.6. The zero-order valence-corrected chi connectivity index (χ0v) is 18.2. The fourth-order valence-corrected chi connectivity index (χ4v) is 5.26. The monoisotopic (exact) mass is 408 g/mol. The fourth-order valence-electron chi connectivity index (χ4n) is 5.26. The van der Waals surface area contributed by atoms with Crippen LogP contribution in [-0.2, 0) is 0 Å². The lowest BCUT2D eigenvalue weighted by Crippen LogP contribution is -2.39. The fraction of sp³-hybridized carbons (Fsp3) is 0.500. The average Bonchev–Trinajstić information content (AvgIpc) is 3.18. The van der Waals surface area contributed by atoms with Crippen molar-refractivity contribution in [2.75, 3.05) is 26.7 Å². The molecule has 1 saturated carbocycles. The van der Waals surface area contributed by atoms with Crippen molar-refractivity contribution in [3.8, 4) is 0 Å². The second-order valence-electron chi connectivity index (χ2n) is 9.23. The Morgan fingerprint density at radius 1 is 1.07 bits per heavy atom. The molecular weight excluding hydrogens is 375 g/mol.